The molecule has 0 bridgehead atoms. The van der Waals surface area contributed by atoms with Gasteiger partial charge in [0.15, 0.2) is 11.5 Å². The highest BCUT2D eigenvalue weighted by molar-refractivity contribution is 5.89. The fourth-order valence-electron chi connectivity index (χ4n) is 3.48. The van der Waals surface area contributed by atoms with E-state index in [4.69, 9.17) is 9.26 Å². The Labute approximate surface area is 190 Å². The number of carbonyl (C=O) groups excluding carboxylic acids is 1. The highest BCUT2D eigenvalue weighted by atomic mass is 19.3. The monoisotopic (exact) mass is 476 g/mol. The molecule has 1 saturated heterocycles. The summed E-state index contributed by atoms with van der Waals surface area (Å²) in [7, 11) is 0. The van der Waals surface area contributed by atoms with Gasteiger partial charge >= 0.3 is 12.4 Å². The largest absolute Gasteiger partial charge is 0.586 e. The number of carbonyl (C=O) groups is 1. The standard InChI is InChI=1S/C20H18F2N6O6/c1-9(24-18-23-6-5-15(25-18)28-12(10(2)29)8-31-19(28)30)17-26-16(27-34-17)11-3-4-13-14(7-11)33-20(21,22)32-13/h3-7,9-10,12,29H,8H2,1-2H3,(H,23,24,25)/t9-,10+,12?/m0/s1. The van der Waals surface area contributed by atoms with Gasteiger partial charge in [-0.2, -0.15) is 9.97 Å². The van der Waals surface area contributed by atoms with Crippen LogP contribution >= 0.6 is 0 Å². The van der Waals surface area contributed by atoms with Crippen molar-refractivity contribution in [3.63, 3.8) is 0 Å². The molecule has 178 valence electrons. The Bertz CT molecular complexity index is 1240. The zero-order chi connectivity index (χ0) is 24.0. The number of fused-ring (bicyclic) bond motifs is 1. The highest BCUT2D eigenvalue weighted by Gasteiger charge is 2.43. The van der Waals surface area contributed by atoms with Gasteiger partial charge in [-0.3, -0.25) is 4.90 Å². The van der Waals surface area contributed by atoms with Gasteiger partial charge in [0.2, 0.25) is 17.7 Å². The van der Waals surface area contributed by atoms with Crippen LogP contribution in [-0.4, -0.2) is 56.4 Å². The lowest BCUT2D eigenvalue weighted by atomic mass is 10.2. The highest BCUT2D eigenvalue weighted by Crippen LogP contribution is 2.42. The number of alkyl halides is 2. The minimum absolute atomic E-state index is 0.0436. The SMILES string of the molecule is C[C@H](Nc1nccc(N2C(=O)OCC2[C@@H](C)O)n1)c1nc(-c2ccc3c(c2)OC(F)(F)O3)no1. The number of hydrogen-bond donors (Lipinski definition) is 2. The number of nitrogens with zero attached hydrogens (tertiary/aromatic N) is 5. The normalized spacial score (nSPS) is 20.2. The van der Waals surface area contributed by atoms with Crippen molar-refractivity contribution in [1.82, 2.24) is 20.1 Å². The number of nitrogens with one attached hydrogen (secondary N) is 1. The molecule has 1 unspecified atom stereocenters. The van der Waals surface area contributed by atoms with Crippen LogP contribution in [0, 0.1) is 0 Å². The van der Waals surface area contributed by atoms with Gasteiger partial charge < -0.3 is 29.2 Å². The molecule has 1 amide bonds. The van der Waals surface area contributed by atoms with Gasteiger partial charge in [0.1, 0.15) is 24.5 Å². The molecule has 1 fully saturated rings. The molecule has 3 aromatic rings. The van der Waals surface area contributed by atoms with Crippen LogP contribution in [0.3, 0.4) is 0 Å². The second-order valence-electron chi connectivity index (χ2n) is 7.64. The lowest BCUT2D eigenvalue weighted by molar-refractivity contribution is -0.286. The number of aliphatic hydroxyl groups excluding tert-OH is 1. The van der Waals surface area contributed by atoms with Gasteiger partial charge in [0.05, 0.1) is 6.10 Å². The van der Waals surface area contributed by atoms with Gasteiger partial charge in [-0.25, -0.2) is 9.78 Å². The predicted molar refractivity (Wildman–Crippen MR) is 109 cm³/mol. The summed E-state index contributed by atoms with van der Waals surface area (Å²) in [5, 5.41) is 16.8. The second kappa shape index (κ2) is 8.06. The van der Waals surface area contributed by atoms with Gasteiger partial charge in [-0.15, -0.1) is 8.78 Å². The number of benzene rings is 1. The van der Waals surface area contributed by atoms with Crippen LogP contribution in [0.25, 0.3) is 11.4 Å². The number of halogens is 2. The summed E-state index contributed by atoms with van der Waals surface area (Å²) < 4.78 is 45.6. The first-order valence-electron chi connectivity index (χ1n) is 10.2. The van der Waals surface area contributed by atoms with Crippen molar-refractivity contribution in [3.8, 4) is 22.9 Å². The second-order valence-corrected chi connectivity index (χ2v) is 7.64. The maximum Gasteiger partial charge on any atom is 0.586 e. The molecule has 0 spiro atoms. The summed E-state index contributed by atoms with van der Waals surface area (Å²) >= 11 is 0. The molecule has 12 nitrogen and oxygen atoms in total. The van der Waals surface area contributed by atoms with E-state index in [1.54, 1.807) is 13.8 Å². The summed E-state index contributed by atoms with van der Waals surface area (Å²) in [6, 6.07) is 4.54. The fourth-order valence-corrected chi connectivity index (χ4v) is 3.48. The Balaban J connectivity index is 1.32. The summed E-state index contributed by atoms with van der Waals surface area (Å²) in [6.07, 6.45) is -3.72. The molecule has 5 rings (SSSR count). The molecule has 2 N–H and O–H groups in total. The van der Waals surface area contributed by atoms with Crippen molar-refractivity contribution < 1.29 is 37.4 Å². The van der Waals surface area contributed by atoms with E-state index in [-0.39, 0.29) is 41.6 Å². The van der Waals surface area contributed by atoms with Crippen molar-refractivity contribution in [1.29, 1.82) is 0 Å². The molecule has 0 radical (unpaired) electrons. The molecule has 2 aliphatic rings. The first-order valence-corrected chi connectivity index (χ1v) is 10.2. The maximum atomic E-state index is 13.2. The molecule has 14 heteroatoms. The number of aromatic nitrogens is 4. The zero-order valence-corrected chi connectivity index (χ0v) is 17.8. The van der Waals surface area contributed by atoms with Gasteiger partial charge in [-0.1, -0.05) is 5.16 Å². The average molecular weight is 476 g/mol. The number of hydrogen-bond acceptors (Lipinski definition) is 11. The number of anilines is 2. The van der Waals surface area contributed by atoms with Crippen molar-refractivity contribution in [2.45, 2.75) is 38.3 Å². The van der Waals surface area contributed by atoms with E-state index >= 15 is 0 Å². The fraction of sp³-hybridized carbons (Fsp3) is 0.350. The third-order valence-electron chi connectivity index (χ3n) is 5.17. The van der Waals surface area contributed by atoms with E-state index in [1.807, 2.05) is 0 Å². The Morgan fingerprint density at radius 3 is 2.79 bits per heavy atom. The third-order valence-corrected chi connectivity index (χ3v) is 5.17. The molecular formula is C20H18F2N6O6. The minimum Gasteiger partial charge on any atom is -0.447 e. The Kier molecular flexibility index (Phi) is 5.16. The lowest BCUT2D eigenvalue weighted by Gasteiger charge is -2.22. The number of cyclic esters (lactones) is 1. The molecule has 4 heterocycles. The molecule has 2 aliphatic heterocycles. The average Bonchev–Trinajstić information content (AvgIpc) is 3.48. The quantitative estimate of drug-likeness (QED) is 0.542. The summed E-state index contributed by atoms with van der Waals surface area (Å²) in [6.45, 7) is 3.32. The Morgan fingerprint density at radius 2 is 2.00 bits per heavy atom. The van der Waals surface area contributed by atoms with E-state index in [9.17, 15) is 18.7 Å². The van der Waals surface area contributed by atoms with Crippen molar-refractivity contribution >= 4 is 17.9 Å². The van der Waals surface area contributed by atoms with E-state index in [1.165, 1.54) is 35.4 Å². The van der Waals surface area contributed by atoms with E-state index in [0.29, 0.717) is 5.56 Å². The molecule has 34 heavy (non-hydrogen) atoms. The molecule has 0 aliphatic carbocycles. The van der Waals surface area contributed by atoms with Crippen LogP contribution in [0.1, 0.15) is 25.8 Å². The van der Waals surface area contributed by atoms with Crippen LogP contribution in [0.15, 0.2) is 35.0 Å². The first-order chi connectivity index (χ1) is 16.2. The van der Waals surface area contributed by atoms with Crippen LogP contribution in [-0.2, 0) is 4.74 Å². The number of rotatable bonds is 6. The van der Waals surface area contributed by atoms with Crippen molar-refractivity contribution in [2.24, 2.45) is 0 Å². The molecule has 1 aromatic carbocycles. The number of aliphatic hydroxyl groups is 1. The molecule has 2 aromatic heterocycles. The van der Waals surface area contributed by atoms with E-state index in [2.05, 4.69) is 34.9 Å². The van der Waals surface area contributed by atoms with Crippen LogP contribution in [0.2, 0.25) is 0 Å². The smallest absolute Gasteiger partial charge is 0.447 e. The molecule has 0 saturated carbocycles. The van der Waals surface area contributed by atoms with E-state index < -0.39 is 30.6 Å². The number of ether oxygens (including phenoxy) is 3. The van der Waals surface area contributed by atoms with Crippen LogP contribution in [0.5, 0.6) is 11.5 Å². The summed E-state index contributed by atoms with van der Waals surface area (Å²) in [4.78, 5) is 26.1. The number of amides is 1. The minimum atomic E-state index is -3.72. The van der Waals surface area contributed by atoms with Crippen molar-refractivity contribution in [2.75, 3.05) is 16.8 Å². The topological polar surface area (TPSA) is 145 Å². The predicted octanol–water partition coefficient (Wildman–Crippen LogP) is 2.73. The maximum absolute atomic E-state index is 13.2. The van der Waals surface area contributed by atoms with Crippen LogP contribution in [0.4, 0.5) is 25.3 Å². The third kappa shape index (κ3) is 4.03. The first kappa shape index (κ1) is 21.8. The zero-order valence-electron chi connectivity index (χ0n) is 17.8. The summed E-state index contributed by atoms with van der Waals surface area (Å²) in [5.74, 6) is 0.514. The Hall–Kier alpha value is -4.07. The van der Waals surface area contributed by atoms with Gasteiger partial charge in [-0.05, 0) is 38.1 Å². The van der Waals surface area contributed by atoms with Crippen LogP contribution < -0.4 is 19.7 Å². The molecular weight excluding hydrogens is 458 g/mol. The molecule has 3 atom stereocenters. The Morgan fingerprint density at radius 1 is 1.21 bits per heavy atom. The van der Waals surface area contributed by atoms with Gasteiger partial charge in [0, 0.05) is 11.8 Å². The lowest BCUT2D eigenvalue weighted by Crippen LogP contribution is -2.41. The van der Waals surface area contributed by atoms with E-state index in [0.717, 1.165) is 0 Å². The van der Waals surface area contributed by atoms with Crippen molar-refractivity contribution in [3.05, 3.63) is 36.4 Å². The summed E-state index contributed by atoms with van der Waals surface area (Å²) in [5.41, 5.74) is 0.386. The van der Waals surface area contributed by atoms with Gasteiger partial charge in [0.25, 0.3) is 0 Å².